The van der Waals surface area contributed by atoms with Crippen LogP contribution in [0.1, 0.15) is 18.1 Å². The minimum absolute atomic E-state index is 0.0502. The van der Waals surface area contributed by atoms with Crippen molar-refractivity contribution in [2.45, 2.75) is 13.5 Å². The number of nitrogens with zero attached hydrogens (tertiary/aromatic N) is 1. The third-order valence-electron chi connectivity index (χ3n) is 5.12. The number of thiocarbonyl (C=S) groups is 1. The van der Waals surface area contributed by atoms with Crippen LogP contribution in [0, 0.1) is 5.82 Å². The van der Waals surface area contributed by atoms with Gasteiger partial charge in [-0.05, 0) is 67.1 Å². The first-order valence-corrected chi connectivity index (χ1v) is 12.3. The average molecular weight is 530 g/mol. The van der Waals surface area contributed by atoms with E-state index in [1.807, 2.05) is 6.92 Å². The highest BCUT2D eigenvalue weighted by atomic mass is 35.5. The molecule has 3 aromatic carbocycles. The SMILES string of the molecule is CCOc1cc(/C=C2/SC(=S)N(c3ccc(OC)cc3)C2=O)ccc1OCc1c(F)cccc1Cl. The van der Waals surface area contributed by atoms with Crippen LogP contribution in [0.5, 0.6) is 17.2 Å². The van der Waals surface area contributed by atoms with Crippen LogP contribution in [-0.2, 0) is 11.4 Å². The summed E-state index contributed by atoms with van der Waals surface area (Å²) < 4.78 is 31.3. The molecule has 1 saturated heterocycles. The number of anilines is 1. The van der Waals surface area contributed by atoms with Gasteiger partial charge in [-0.2, -0.15) is 0 Å². The monoisotopic (exact) mass is 529 g/mol. The summed E-state index contributed by atoms with van der Waals surface area (Å²) in [6.07, 6.45) is 1.75. The molecule has 1 aliphatic rings. The minimum atomic E-state index is -0.439. The summed E-state index contributed by atoms with van der Waals surface area (Å²) in [5.74, 6) is 0.954. The molecule has 0 bridgehead atoms. The molecule has 1 fully saturated rings. The lowest BCUT2D eigenvalue weighted by atomic mass is 10.1. The molecule has 3 aromatic rings. The zero-order valence-corrected chi connectivity index (χ0v) is 21.3. The average Bonchev–Trinajstić information content (AvgIpc) is 3.12. The Bertz CT molecular complexity index is 1280. The lowest BCUT2D eigenvalue weighted by Crippen LogP contribution is -2.27. The molecule has 0 saturated carbocycles. The molecular weight excluding hydrogens is 509 g/mol. The highest BCUT2D eigenvalue weighted by Gasteiger charge is 2.33. The summed E-state index contributed by atoms with van der Waals surface area (Å²) in [6, 6.07) is 16.9. The minimum Gasteiger partial charge on any atom is -0.497 e. The molecule has 1 aliphatic heterocycles. The molecular formula is C26H21ClFNO4S2. The van der Waals surface area contributed by atoms with Gasteiger partial charge in [-0.15, -0.1) is 0 Å². The van der Waals surface area contributed by atoms with E-state index in [4.69, 9.17) is 38.0 Å². The first-order valence-electron chi connectivity index (χ1n) is 10.7. The van der Waals surface area contributed by atoms with E-state index >= 15 is 0 Å². The number of thioether (sulfide) groups is 1. The Morgan fingerprint density at radius 2 is 1.86 bits per heavy atom. The van der Waals surface area contributed by atoms with E-state index in [1.54, 1.807) is 67.8 Å². The van der Waals surface area contributed by atoms with Crippen LogP contribution in [0.2, 0.25) is 5.02 Å². The molecule has 0 unspecified atom stereocenters. The molecule has 0 spiro atoms. The molecule has 0 N–H and O–H groups in total. The molecule has 0 aliphatic carbocycles. The van der Waals surface area contributed by atoms with Gasteiger partial charge in [0, 0.05) is 5.56 Å². The summed E-state index contributed by atoms with van der Waals surface area (Å²) in [4.78, 5) is 15.1. The van der Waals surface area contributed by atoms with E-state index in [9.17, 15) is 9.18 Å². The lowest BCUT2D eigenvalue weighted by molar-refractivity contribution is -0.113. The number of hydrogen-bond donors (Lipinski definition) is 0. The Labute approximate surface area is 217 Å². The van der Waals surface area contributed by atoms with E-state index in [0.29, 0.717) is 43.8 Å². The number of benzene rings is 3. The van der Waals surface area contributed by atoms with Gasteiger partial charge < -0.3 is 14.2 Å². The van der Waals surface area contributed by atoms with Gasteiger partial charge >= 0.3 is 0 Å². The molecule has 180 valence electrons. The van der Waals surface area contributed by atoms with Crippen LogP contribution in [0.25, 0.3) is 6.08 Å². The lowest BCUT2D eigenvalue weighted by Gasteiger charge is -2.15. The zero-order chi connectivity index (χ0) is 24.9. The number of carbonyl (C=O) groups is 1. The summed E-state index contributed by atoms with van der Waals surface area (Å²) in [5.41, 5.74) is 1.67. The first kappa shape index (κ1) is 25.0. The predicted octanol–water partition coefficient (Wildman–Crippen LogP) is 6.87. The Kier molecular flexibility index (Phi) is 7.95. The summed E-state index contributed by atoms with van der Waals surface area (Å²) in [6.45, 7) is 2.20. The fourth-order valence-electron chi connectivity index (χ4n) is 3.40. The highest BCUT2D eigenvalue weighted by molar-refractivity contribution is 8.27. The van der Waals surface area contributed by atoms with Gasteiger partial charge in [0.2, 0.25) is 0 Å². The standard InChI is InChI=1S/C26H21ClFNO4S2/c1-3-32-23-13-16(7-12-22(23)33-15-19-20(27)5-4-6-21(19)28)14-24-25(30)29(26(34)35-24)17-8-10-18(31-2)11-9-17/h4-14H,3,15H2,1-2H3/b24-14+. The molecule has 9 heteroatoms. The maximum atomic E-state index is 14.1. The van der Waals surface area contributed by atoms with Crippen LogP contribution in [0.15, 0.2) is 65.6 Å². The number of ether oxygens (including phenoxy) is 3. The van der Waals surface area contributed by atoms with Crippen molar-refractivity contribution in [3.05, 3.63) is 87.5 Å². The Hall–Kier alpha value is -3.07. The maximum absolute atomic E-state index is 14.1. The van der Waals surface area contributed by atoms with Crippen LogP contribution in [0.4, 0.5) is 10.1 Å². The largest absolute Gasteiger partial charge is 0.497 e. The molecule has 5 nitrogen and oxygen atoms in total. The summed E-state index contributed by atoms with van der Waals surface area (Å²) >= 11 is 12.8. The van der Waals surface area contributed by atoms with Crippen molar-refractivity contribution in [1.82, 2.24) is 0 Å². The van der Waals surface area contributed by atoms with E-state index in [2.05, 4.69) is 0 Å². The zero-order valence-electron chi connectivity index (χ0n) is 18.9. The van der Waals surface area contributed by atoms with Gasteiger partial charge in [-0.3, -0.25) is 9.69 Å². The van der Waals surface area contributed by atoms with Crippen LogP contribution < -0.4 is 19.1 Å². The highest BCUT2D eigenvalue weighted by Crippen LogP contribution is 2.38. The Morgan fingerprint density at radius 1 is 1.09 bits per heavy atom. The van der Waals surface area contributed by atoms with E-state index in [1.165, 1.54) is 22.7 Å². The third kappa shape index (κ3) is 5.61. The number of rotatable bonds is 8. The topological polar surface area (TPSA) is 48.0 Å². The Morgan fingerprint density at radius 3 is 2.54 bits per heavy atom. The van der Waals surface area contributed by atoms with Crippen molar-refractivity contribution in [1.29, 1.82) is 0 Å². The van der Waals surface area contributed by atoms with Gasteiger partial charge in [0.15, 0.2) is 15.8 Å². The molecule has 0 radical (unpaired) electrons. The van der Waals surface area contributed by atoms with E-state index in [-0.39, 0.29) is 18.1 Å². The molecule has 1 heterocycles. The maximum Gasteiger partial charge on any atom is 0.270 e. The second-order valence-electron chi connectivity index (χ2n) is 7.34. The number of hydrogen-bond acceptors (Lipinski definition) is 6. The van der Waals surface area contributed by atoms with Gasteiger partial charge in [-0.25, -0.2) is 4.39 Å². The molecule has 4 rings (SSSR count). The number of amides is 1. The molecule has 1 amide bonds. The van der Waals surface area contributed by atoms with Crippen molar-refractivity contribution in [2.75, 3.05) is 18.6 Å². The number of carbonyl (C=O) groups excluding carboxylic acids is 1. The van der Waals surface area contributed by atoms with Crippen molar-refractivity contribution in [3.63, 3.8) is 0 Å². The van der Waals surface area contributed by atoms with Gasteiger partial charge in [0.25, 0.3) is 5.91 Å². The molecule has 0 atom stereocenters. The summed E-state index contributed by atoms with van der Waals surface area (Å²) in [5, 5.41) is 0.290. The van der Waals surface area contributed by atoms with Crippen molar-refractivity contribution in [3.8, 4) is 17.2 Å². The Balaban J connectivity index is 1.55. The fraction of sp³-hybridized carbons (Fsp3) is 0.154. The van der Waals surface area contributed by atoms with E-state index in [0.717, 1.165) is 5.56 Å². The second-order valence-corrected chi connectivity index (χ2v) is 9.43. The summed E-state index contributed by atoms with van der Waals surface area (Å²) in [7, 11) is 1.58. The molecule has 0 aromatic heterocycles. The van der Waals surface area contributed by atoms with E-state index < -0.39 is 5.82 Å². The van der Waals surface area contributed by atoms with Gasteiger partial charge in [0.1, 0.15) is 18.2 Å². The predicted molar refractivity (Wildman–Crippen MR) is 142 cm³/mol. The first-order chi connectivity index (χ1) is 16.9. The van der Waals surface area contributed by atoms with Crippen molar-refractivity contribution >= 4 is 57.6 Å². The van der Waals surface area contributed by atoms with Crippen LogP contribution in [-0.4, -0.2) is 23.9 Å². The number of methoxy groups -OCH3 is 1. The third-order valence-corrected chi connectivity index (χ3v) is 6.78. The van der Waals surface area contributed by atoms with Crippen molar-refractivity contribution < 1.29 is 23.4 Å². The second kappa shape index (κ2) is 11.1. The van der Waals surface area contributed by atoms with Crippen LogP contribution in [0.3, 0.4) is 0 Å². The van der Waals surface area contributed by atoms with Gasteiger partial charge in [-0.1, -0.05) is 47.7 Å². The van der Waals surface area contributed by atoms with Crippen molar-refractivity contribution in [2.24, 2.45) is 0 Å². The van der Waals surface area contributed by atoms with Gasteiger partial charge in [0.05, 0.1) is 29.3 Å². The number of halogens is 2. The fourth-order valence-corrected chi connectivity index (χ4v) is 4.91. The molecule has 35 heavy (non-hydrogen) atoms. The van der Waals surface area contributed by atoms with Crippen LogP contribution >= 0.6 is 35.6 Å². The quantitative estimate of drug-likeness (QED) is 0.234. The smallest absolute Gasteiger partial charge is 0.270 e. The normalized spacial score (nSPS) is 14.5.